The van der Waals surface area contributed by atoms with Crippen molar-refractivity contribution in [3.8, 4) is 11.6 Å². The largest absolute Gasteiger partial charge is 0.490 e. The third-order valence-electron chi connectivity index (χ3n) is 3.50. The standard InChI is InChI=1S/C16H20N2O6S/c1-11-12(16(19)24-14-7-8-17-18(14)2)5-6-13(25(4,20)21)15(11)23-10-9-22-3/h5-8H,9-10H2,1-4H3. The molecule has 0 bridgehead atoms. The topological polar surface area (TPSA) is 96.7 Å². The predicted octanol–water partition coefficient (Wildman–Crippen LogP) is 1.38. The third kappa shape index (κ3) is 4.37. The van der Waals surface area contributed by atoms with E-state index in [4.69, 9.17) is 14.2 Å². The molecule has 0 unspecified atom stereocenters. The van der Waals surface area contributed by atoms with Gasteiger partial charge in [-0.25, -0.2) is 17.9 Å². The molecule has 2 rings (SSSR count). The first-order valence-electron chi connectivity index (χ1n) is 7.41. The van der Waals surface area contributed by atoms with Crippen LogP contribution in [0.2, 0.25) is 0 Å². The van der Waals surface area contributed by atoms with E-state index in [1.54, 1.807) is 20.0 Å². The molecule has 0 aliphatic rings. The fourth-order valence-corrected chi connectivity index (χ4v) is 3.06. The zero-order chi connectivity index (χ0) is 18.6. The fourth-order valence-electron chi connectivity index (χ4n) is 2.20. The number of nitrogens with zero attached hydrogens (tertiary/aromatic N) is 2. The van der Waals surface area contributed by atoms with Crippen LogP contribution in [-0.2, 0) is 21.6 Å². The molecular weight excluding hydrogens is 348 g/mol. The molecule has 136 valence electrons. The summed E-state index contributed by atoms with van der Waals surface area (Å²) in [6.45, 7) is 2.04. The Bertz CT molecular complexity index is 873. The molecule has 1 aromatic heterocycles. The average Bonchev–Trinajstić information content (AvgIpc) is 2.92. The van der Waals surface area contributed by atoms with Crippen LogP contribution in [-0.4, -0.2) is 50.7 Å². The summed E-state index contributed by atoms with van der Waals surface area (Å²) in [5.74, 6) is -0.227. The van der Waals surface area contributed by atoms with E-state index in [1.165, 1.54) is 30.1 Å². The molecule has 0 fully saturated rings. The van der Waals surface area contributed by atoms with Crippen LogP contribution in [0.15, 0.2) is 29.3 Å². The van der Waals surface area contributed by atoms with Crippen molar-refractivity contribution in [3.63, 3.8) is 0 Å². The van der Waals surface area contributed by atoms with Gasteiger partial charge in [-0.3, -0.25) is 0 Å². The van der Waals surface area contributed by atoms with Crippen LogP contribution < -0.4 is 9.47 Å². The first kappa shape index (κ1) is 18.9. The van der Waals surface area contributed by atoms with Crippen molar-refractivity contribution in [2.75, 3.05) is 26.6 Å². The van der Waals surface area contributed by atoms with Gasteiger partial charge in [0.2, 0.25) is 5.88 Å². The van der Waals surface area contributed by atoms with Gasteiger partial charge < -0.3 is 14.2 Å². The number of aryl methyl sites for hydroxylation is 1. The van der Waals surface area contributed by atoms with Gasteiger partial charge in [0.25, 0.3) is 0 Å². The van der Waals surface area contributed by atoms with Gasteiger partial charge in [-0.15, -0.1) is 0 Å². The van der Waals surface area contributed by atoms with Crippen molar-refractivity contribution >= 4 is 15.8 Å². The summed E-state index contributed by atoms with van der Waals surface area (Å²) in [7, 11) is -0.375. The highest BCUT2D eigenvalue weighted by atomic mass is 32.2. The maximum atomic E-state index is 12.4. The van der Waals surface area contributed by atoms with Crippen molar-refractivity contribution < 1.29 is 27.4 Å². The third-order valence-corrected chi connectivity index (χ3v) is 4.62. The molecule has 8 nitrogen and oxygen atoms in total. The highest BCUT2D eigenvalue weighted by Gasteiger charge is 2.23. The summed E-state index contributed by atoms with van der Waals surface area (Å²) in [6.07, 6.45) is 2.58. The zero-order valence-corrected chi connectivity index (χ0v) is 15.3. The van der Waals surface area contributed by atoms with Gasteiger partial charge in [-0.05, 0) is 19.1 Å². The number of methoxy groups -OCH3 is 1. The Balaban J connectivity index is 2.40. The lowest BCUT2D eigenvalue weighted by Gasteiger charge is -2.15. The van der Waals surface area contributed by atoms with Crippen LogP contribution in [0.25, 0.3) is 0 Å². The van der Waals surface area contributed by atoms with E-state index in [0.29, 0.717) is 5.56 Å². The van der Waals surface area contributed by atoms with Gasteiger partial charge in [0.1, 0.15) is 17.3 Å². The molecule has 0 saturated heterocycles. The van der Waals surface area contributed by atoms with E-state index in [2.05, 4.69) is 5.10 Å². The first-order valence-corrected chi connectivity index (χ1v) is 9.30. The predicted molar refractivity (Wildman–Crippen MR) is 89.8 cm³/mol. The summed E-state index contributed by atoms with van der Waals surface area (Å²) in [6, 6.07) is 4.30. The van der Waals surface area contributed by atoms with E-state index in [1.807, 2.05) is 0 Å². The lowest BCUT2D eigenvalue weighted by molar-refractivity contribution is 0.0718. The summed E-state index contributed by atoms with van der Waals surface area (Å²) in [4.78, 5) is 12.4. The second-order valence-electron chi connectivity index (χ2n) is 5.36. The molecule has 1 heterocycles. The SMILES string of the molecule is COCCOc1c(S(C)(=O)=O)ccc(C(=O)Oc2ccnn2C)c1C. The van der Waals surface area contributed by atoms with E-state index < -0.39 is 15.8 Å². The van der Waals surface area contributed by atoms with E-state index >= 15 is 0 Å². The Morgan fingerprint density at radius 2 is 1.96 bits per heavy atom. The maximum Gasteiger partial charge on any atom is 0.345 e. The van der Waals surface area contributed by atoms with Crippen LogP contribution in [0, 0.1) is 6.92 Å². The minimum atomic E-state index is -3.52. The van der Waals surface area contributed by atoms with Gasteiger partial charge in [0.15, 0.2) is 9.84 Å². The number of carbonyl (C=O) groups is 1. The normalized spacial score (nSPS) is 11.4. The highest BCUT2D eigenvalue weighted by Crippen LogP contribution is 2.31. The summed E-state index contributed by atoms with van der Waals surface area (Å²) in [5, 5.41) is 3.92. The van der Waals surface area contributed by atoms with E-state index in [-0.39, 0.29) is 35.3 Å². The van der Waals surface area contributed by atoms with Crippen molar-refractivity contribution in [1.29, 1.82) is 0 Å². The van der Waals surface area contributed by atoms with Gasteiger partial charge in [-0.1, -0.05) is 0 Å². The van der Waals surface area contributed by atoms with Crippen LogP contribution in [0.4, 0.5) is 0 Å². The second kappa shape index (κ2) is 7.66. The van der Waals surface area contributed by atoms with Crippen molar-refractivity contribution in [3.05, 3.63) is 35.5 Å². The molecule has 2 aromatic rings. The number of aromatic nitrogens is 2. The molecule has 1 aromatic carbocycles. The first-order chi connectivity index (χ1) is 11.8. The Labute approximate surface area is 146 Å². The fraction of sp³-hybridized carbons (Fsp3) is 0.375. The number of ether oxygens (including phenoxy) is 3. The van der Waals surface area contributed by atoms with E-state index in [0.717, 1.165) is 6.26 Å². The second-order valence-corrected chi connectivity index (χ2v) is 7.35. The Morgan fingerprint density at radius 1 is 1.24 bits per heavy atom. The van der Waals surface area contributed by atoms with Crippen LogP contribution >= 0.6 is 0 Å². The van der Waals surface area contributed by atoms with Crippen LogP contribution in [0.1, 0.15) is 15.9 Å². The summed E-state index contributed by atoms with van der Waals surface area (Å²) >= 11 is 0. The molecule has 25 heavy (non-hydrogen) atoms. The molecule has 0 aliphatic carbocycles. The molecule has 0 N–H and O–H groups in total. The molecule has 0 saturated carbocycles. The molecule has 0 radical (unpaired) electrons. The van der Waals surface area contributed by atoms with Crippen molar-refractivity contribution in [1.82, 2.24) is 9.78 Å². The van der Waals surface area contributed by atoms with E-state index in [9.17, 15) is 13.2 Å². The van der Waals surface area contributed by atoms with Gasteiger partial charge in [-0.2, -0.15) is 5.10 Å². The molecule has 0 amide bonds. The summed E-state index contributed by atoms with van der Waals surface area (Å²) in [5.41, 5.74) is 0.590. The Morgan fingerprint density at radius 3 is 2.52 bits per heavy atom. The van der Waals surface area contributed by atoms with Crippen molar-refractivity contribution in [2.24, 2.45) is 7.05 Å². The Kier molecular flexibility index (Phi) is 5.81. The number of hydrogen-bond donors (Lipinski definition) is 0. The van der Waals surface area contributed by atoms with Gasteiger partial charge in [0, 0.05) is 32.0 Å². The number of sulfone groups is 1. The minimum Gasteiger partial charge on any atom is -0.490 e. The molecule has 0 aliphatic heterocycles. The average molecular weight is 368 g/mol. The smallest absolute Gasteiger partial charge is 0.345 e. The number of hydrogen-bond acceptors (Lipinski definition) is 7. The van der Waals surface area contributed by atoms with Gasteiger partial charge in [0.05, 0.1) is 18.4 Å². The lowest BCUT2D eigenvalue weighted by atomic mass is 10.1. The van der Waals surface area contributed by atoms with Crippen LogP contribution in [0.5, 0.6) is 11.6 Å². The maximum absolute atomic E-state index is 12.4. The molecule has 0 atom stereocenters. The highest BCUT2D eigenvalue weighted by molar-refractivity contribution is 7.90. The minimum absolute atomic E-state index is 0.0122. The molecule has 9 heteroatoms. The summed E-state index contributed by atoms with van der Waals surface area (Å²) < 4.78 is 41.1. The monoisotopic (exact) mass is 368 g/mol. The van der Waals surface area contributed by atoms with Crippen LogP contribution in [0.3, 0.4) is 0 Å². The van der Waals surface area contributed by atoms with Gasteiger partial charge >= 0.3 is 5.97 Å². The Hall–Kier alpha value is -2.39. The molecular formula is C16H20N2O6S. The number of rotatable bonds is 7. The molecule has 0 spiro atoms. The number of benzene rings is 1. The number of carbonyl (C=O) groups excluding carboxylic acids is 1. The lowest BCUT2D eigenvalue weighted by Crippen LogP contribution is -2.15. The van der Waals surface area contributed by atoms with Crippen molar-refractivity contribution in [2.45, 2.75) is 11.8 Å². The number of esters is 1. The quantitative estimate of drug-likeness (QED) is 0.538. The zero-order valence-electron chi connectivity index (χ0n) is 14.5.